The lowest BCUT2D eigenvalue weighted by Crippen LogP contribution is -2.64. The SMILES string of the molecule is CC1=CC[C@@H]2[C@]3(C)C[C@H](O)[C@@H](O)C(C)(C)[C@H]3CC[C@@]2(C)[C@H]1CC[C@H](NC(=O)OCC1c2ccccc2-c2ccccc21)C(=O)OC(C)(C)C. The van der Waals surface area contributed by atoms with Gasteiger partial charge in [-0.1, -0.05) is 87.9 Å². The molecule has 0 bridgehead atoms. The maximum absolute atomic E-state index is 13.6. The first-order chi connectivity index (χ1) is 23.0. The highest BCUT2D eigenvalue weighted by molar-refractivity contribution is 5.82. The van der Waals surface area contributed by atoms with E-state index in [2.05, 4.69) is 70.3 Å². The van der Waals surface area contributed by atoms with E-state index in [0.717, 1.165) is 41.5 Å². The monoisotopic (exact) mass is 671 g/mol. The Bertz CT molecular complexity index is 1560. The molecule has 4 aliphatic rings. The summed E-state index contributed by atoms with van der Waals surface area (Å²) in [5, 5.41) is 25.0. The van der Waals surface area contributed by atoms with E-state index in [1.807, 2.05) is 45.0 Å². The third-order valence-electron chi connectivity index (χ3n) is 13.1. The predicted octanol–water partition coefficient (Wildman–Crippen LogP) is 8.17. The number of aliphatic hydroxyl groups excluding tert-OH is 2. The van der Waals surface area contributed by atoms with Gasteiger partial charge in [0.1, 0.15) is 18.2 Å². The molecule has 0 heterocycles. The van der Waals surface area contributed by atoms with Gasteiger partial charge >= 0.3 is 12.1 Å². The Morgan fingerprint density at radius 2 is 1.55 bits per heavy atom. The van der Waals surface area contributed by atoms with Crippen molar-refractivity contribution in [3.63, 3.8) is 0 Å². The van der Waals surface area contributed by atoms with Gasteiger partial charge in [-0.05, 0) is 122 Å². The molecular formula is C42H57NO6. The van der Waals surface area contributed by atoms with Gasteiger partial charge in [0.15, 0.2) is 0 Å². The number of carbonyl (C=O) groups excluding carboxylic acids is 2. The Morgan fingerprint density at radius 3 is 2.16 bits per heavy atom. The van der Waals surface area contributed by atoms with E-state index in [0.29, 0.717) is 31.1 Å². The fourth-order valence-electron chi connectivity index (χ4n) is 10.9. The number of aliphatic hydroxyl groups is 2. The molecule has 6 rings (SSSR count). The summed E-state index contributed by atoms with van der Waals surface area (Å²) in [5.74, 6) is 0.288. The van der Waals surface area contributed by atoms with Crippen LogP contribution < -0.4 is 5.32 Å². The van der Waals surface area contributed by atoms with Crippen molar-refractivity contribution in [3.05, 3.63) is 71.3 Å². The Kier molecular flexibility index (Phi) is 9.36. The van der Waals surface area contributed by atoms with Crippen molar-refractivity contribution >= 4 is 12.1 Å². The summed E-state index contributed by atoms with van der Waals surface area (Å²) in [6.07, 6.45) is 4.91. The van der Waals surface area contributed by atoms with Crippen LogP contribution >= 0.6 is 0 Å². The summed E-state index contributed by atoms with van der Waals surface area (Å²) in [6, 6.07) is 15.6. The number of amides is 1. The van der Waals surface area contributed by atoms with Gasteiger partial charge in [0.05, 0.1) is 12.2 Å². The number of fused-ring (bicyclic) bond motifs is 6. The highest BCUT2D eigenvalue weighted by Gasteiger charge is 2.64. The second kappa shape index (κ2) is 12.9. The van der Waals surface area contributed by atoms with Gasteiger partial charge in [0.25, 0.3) is 0 Å². The highest BCUT2D eigenvalue weighted by Crippen LogP contribution is 2.68. The number of allylic oxidation sites excluding steroid dienone is 2. The van der Waals surface area contributed by atoms with Gasteiger partial charge < -0.3 is 25.0 Å². The molecular weight excluding hydrogens is 614 g/mol. The van der Waals surface area contributed by atoms with E-state index in [9.17, 15) is 19.8 Å². The van der Waals surface area contributed by atoms with Gasteiger partial charge in [-0.15, -0.1) is 0 Å². The van der Waals surface area contributed by atoms with E-state index in [1.54, 1.807) is 0 Å². The van der Waals surface area contributed by atoms with Gasteiger partial charge in [-0.3, -0.25) is 0 Å². The summed E-state index contributed by atoms with van der Waals surface area (Å²) in [6.45, 7) is 16.9. The van der Waals surface area contributed by atoms with Gasteiger partial charge in [0, 0.05) is 5.92 Å². The standard InChI is InChI=1S/C42H57NO6/c1-25-17-20-35-41(7,22-21-34-40(5,6)36(45)33(44)23-42(34,35)8)31(25)18-19-32(37(46)49-39(2,3)4)43-38(47)48-24-30-28-15-11-9-13-26(28)27-14-10-12-16-29(27)30/h9-17,30-36,44-45H,18-24H2,1-8H3,(H,43,47)/t31-,32-,33-,34+,35-,36+,41-,42+/m0/s1. The zero-order valence-corrected chi connectivity index (χ0v) is 30.7. The van der Waals surface area contributed by atoms with Crippen molar-refractivity contribution in [1.82, 2.24) is 5.32 Å². The average Bonchev–Trinajstić information content (AvgIpc) is 3.34. The minimum atomic E-state index is -0.857. The van der Waals surface area contributed by atoms with Crippen molar-refractivity contribution in [2.45, 2.75) is 124 Å². The summed E-state index contributed by atoms with van der Waals surface area (Å²) >= 11 is 0. The molecule has 0 spiro atoms. The van der Waals surface area contributed by atoms with E-state index < -0.39 is 35.9 Å². The van der Waals surface area contributed by atoms with Crippen molar-refractivity contribution in [2.75, 3.05) is 6.61 Å². The third kappa shape index (κ3) is 6.35. The average molecular weight is 672 g/mol. The van der Waals surface area contributed by atoms with Crippen LogP contribution in [0.25, 0.3) is 11.1 Å². The molecule has 0 radical (unpaired) electrons. The molecule has 2 saturated carbocycles. The molecule has 2 aromatic rings. The summed E-state index contributed by atoms with van der Waals surface area (Å²) < 4.78 is 11.7. The lowest BCUT2D eigenvalue weighted by molar-refractivity contribution is -0.217. The van der Waals surface area contributed by atoms with Crippen LogP contribution in [-0.2, 0) is 14.3 Å². The van der Waals surface area contributed by atoms with Crippen LogP contribution in [0, 0.1) is 34.0 Å². The molecule has 7 heteroatoms. The zero-order valence-electron chi connectivity index (χ0n) is 30.7. The van der Waals surface area contributed by atoms with Crippen LogP contribution in [0.1, 0.15) is 111 Å². The molecule has 0 unspecified atom stereocenters. The Balaban J connectivity index is 1.18. The number of alkyl carbamates (subject to hydrolysis) is 1. The minimum absolute atomic E-state index is 0.0512. The molecule has 1 amide bonds. The molecule has 0 saturated heterocycles. The topological polar surface area (TPSA) is 105 Å². The van der Waals surface area contributed by atoms with Crippen LogP contribution in [-0.4, -0.2) is 52.7 Å². The second-order valence-electron chi connectivity index (χ2n) is 17.6. The van der Waals surface area contributed by atoms with Crippen molar-refractivity contribution in [1.29, 1.82) is 0 Å². The predicted molar refractivity (Wildman–Crippen MR) is 192 cm³/mol. The molecule has 2 fully saturated rings. The zero-order chi connectivity index (χ0) is 35.5. The Labute approximate surface area is 292 Å². The normalized spacial score (nSPS) is 32.4. The van der Waals surface area contributed by atoms with Gasteiger partial charge in [0.2, 0.25) is 0 Å². The maximum atomic E-state index is 13.6. The van der Waals surface area contributed by atoms with Crippen molar-refractivity contribution < 1.29 is 29.3 Å². The fourth-order valence-corrected chi connectivity index (χ4v) is 10.9. The first-order valence-electron chi connectivity index (χ1n) is 18.3. The molecule has 49 heavy (non-hydrogen) atoms. The summed E-state index contributed by atoms with van der Waals surface area (Å²) in [5.41, 5.74) is 4.64. The van der Waals surface area contributed by atoms with Crippen molar-refractivity contribution in [3.8, 4) is 11.1 Å². The third-order valence-corrected chi connectivity index (χ3v) is 13.1. The number of carbonyl (C=O) groups is 2. The first-order valence-corrected chi connectivity index (χ1v) is 18.3. The lowest BCUT2D eigenvalue weighted by Gasteiger charge is -2.66. The van der Waals surface area contributed by atoms with Crippen molar-refractivity contribution in [2.24, 2.45) is 34.0 Å². The van der Waals surface area contributed by atoms with Crippen LogP contribution in [0.2, 0.25) is 0 Å². The molecule has 0 aliphatic heterocycles. The molecule has 2 aromatic carbocycles. The van der Waals surface area contributed by atoms with E-state index in [4.69, 9.17) is 9.47 Å². The van der Waals surface area contributed by atoms with Gasteiger partial charge in [-0.2, -0.15) is 0 Å². The molecule has 7 nitrogen and oxygen atoms in total. The Hall–Kier alpha value is -3.16. The van der Waals surface area contributed by atoms with Crippen LogP contribution in [0.15, 0.2) is 60.2 Å². The Morgan fingerprint density at radius 1 is 0.939 bits per heavy atom. The van der Waals surface area contributed by atoms with E-state index in [-0.39, 0.29) is 34.7 Å². The number of rotatable bonds is 7. The summed E-state index contributed by atoms with van der Waals surface area (Å²) in [7, 11) is 0. The fraction of sp³-hybridized carbons (Fsp3) is 0.619. The first kappa shape index (κ1) is 35.7. The molecule has 8 atom stereocenters. The van der Waals surface area contributed by atoms with Crippen LogP contribution in [0.3, 0.4) is 0 Å². The summed E-state index contributed by atoms with van der Waals surface area (Å²) in [4.78, 5) is 27.0. The van der Waals surface area contributed by atoms with Crippen LogP contribution in [0.4, 0.5) is 4.79 Å². The minimum Gasteiger partial charge on any atom is -0.458 e. The van der Waals surface area contributed by atoms with E-state index >= 15 is 0 Å². The lowest BCUT2D eigenvalue weighted by atomic mass is 9.39. The number of benzene rings is 2. The highest BCUT2D eigenvalue weighted by atomic mass is 16.6. The quantitative estimate of drug-likeness (QED) is 0.203. The molecule has 4 aliphatic carbocycles. The number of esters is 1. The number of hydrogen-bond acceptors (Lipinski definition) is 6. The number of hydrogen-bond donors (Lipinski definition) is 3. The maximum Gasteiger partial charge on any atom is 0.407 e. The largest absolute Gasteiger partial charge is 0.458 e. The molecule has 0 aromatic heterocycles. The smallest absolute Gasteiger partial charge is 0.407 e. The molecule has 3 N–H and O–H groups in total. The second-order valence-corrected chi connectivity index (χ2v) is 17.6. The number of ether oxygens (including phenoxy) is 2. The number of nitrogens with one attached hydrogen (secondary N) is 1. The van der Waals surface area contributed by atoms with Crippen LogP contribution in [0.5, 0.6) is 0 Å². The van der Waals surface area contributed by atoms with E-state index in [1.165, 1.54) is 5.57 Å². The molecule has 266 valence electrons. The van der Waals surface area contributed by atoms with Gasteiger partial charge in [-0.25, -0.2) is 9.59 Å².